The Bertz CT molecular complexity index is 229. The minimum Gasteiger partial charge on any atom is -0.378 e. The molecular formula is C14H27NO. The molecule has 0 aliphatic carbocycles. The second kappa shape index (κ2) is 7.70. The SMILES string of the molecule is CC.CCC#CC1(O)CCN(C(C)C)CC1. The van der Waals surface area contributed by atoms with Gasteiger partial charge in [0.2, 0.25) is 0 Å². The van der Waals surface area contributed by atoms with Crippen LogP contribution in [-0.2, 0) is 0 Å². The molecule has 0 aromatic heterocycles. The number of rotatable bonds is 1. The lowest BCUT2D eigenvalue weighted by atomic mass is 9.91. The predicted octanol–water partition coefficient (Wildman–Crippen LogP) is 2.66. The number of aliphatic hydroxyl groups is 1. The van der Waals surface area contributed by atoms with E-state index < -0.39 is 5.60 Å². The van der Waals surface area contributed by atoms with Crippen molar-refractivity contribution in [2.75, 3.05) is 13.1 Å². The van der Waals surface area contributed by atoms with Gasteiger partial charge in [-0.15, -0.1) is 5.92 Å². The summed E-state index contributed by atoms with van der Waals surface area (Å²) < 4.78 is 0. The maximum Gasteiger partial charge on any atom is 0.127 e. The van der Waals surface area contributed by atoms with E-state index in [9.17, 15) is 5.11 Å². The van der Waals surface area contributed by atoms with E-state index in [1.165, 1.54) is 0 Å². The summed E-state index contributed by atoms with van der Waals surface area (Å²) in [7, 11) is 0. The molecule has 1 rings (SSSR count). The molecule has 0 atom stereocenters. The van der Waals surface area contributed by atoms with Gasteiger partial charge in [0.05, 0.1) is 0 Å². The van der Waals surface area contributed by atoms with Crippen LogP contribution in [0.2, 0.25) is 0 Å². The lowest BCUT2D eigenvalue weighted by Crippen LogP contribution is -2.46. The van der Waals surface area contributed by atoms with Crippen LogP contribution in [0.15, 0.2) is 0 Å². The maximum absolute atomic E-state index is 10.1. The van der Waals surface area contributed by atoms with Crippen LogP contribution in [0, 0.1) is 11.8 Å². The van der Waals surface area contributed by atoms with Crippen LogP contribution >= 0.6 is 0 Å². The van der Waals surface area contributed by atoms with E-state index in [0.717, 1.165) is 32.4 Å². The van der Waals surface area contributed by atoms with Crippen LogP contribution in [0.5, 0.6) is 0 Å². The van der Waals surface area contributed by atoms with Crippen LogP contribution in [-0.4, -0.2) is 34.7 Å². The first-order valence-corrected chi connectivity index (χ1v) is 6.54. The molecule has 16 heavy (non-hydrogen) atoms. The Morgan fingerprint density at radius 2 is 1.75 bits per heavy atom. The monoisotopic (exact) mass is 225 g/mol. The molecule has 1 heterocycles. The van der Waals surface area contributed by atoms with Gasteiger partial charge in [-0.05, 0) is 13.8 Å². The molecule has 94 valence electrons. The topological polar surface area (TPSA) is 23.5 Å². The van der Waals surface area contributed by atoms with Crippen molar-refractivity contribution in [3.05, 3.63) is 0 Å². The summed E-state index contributed by atoms with van der Waals surface area (Å²) in [4.78, 5) is 2.39. The molecule has 1 aliphatic heterocycles. The first-order valence-electron chi connectivity index (χ1n) is 6.54. The first-order chi connectivity index (χ1) is 7.57. The third kappa shape index (κ3) is 5.01. The standard InChI is InChI=1S/C12H21NO.C2H6/c1-4-5-6-12(14)7-9-13(10-8-12)11(2)3;1-2/h11,14H,4,7-10H2,1-3H3;1-2H3. The van der Waals surface area contributed by atoms with Gasteiger partial charge < -0.3 is 10.0 Å². The fraction of sp³-hybridized carbons (Fsp3) is 0.857. The molecule has 0 bridgehead atoms. The largest absolute Gasteiger partial charge is 0.378 e. The van der Waals surface area contributed by atoms with E-state index in [4.69, 9.17) is 0 Å². The average Bonchev–Trinajstić information content (AvgIpc) is 2.30. The van der Waals surface area contributed by atoms with Gasteiger partial charge in [-0.1, -0.05) is 26.7 Å². The molecule has 1 fully saturated rings. The van der Waals surface area contributed by atoms with Crippen molar-refractivity contribution in [3.63, 3.8) is 0 Å². The summed E-state index contributed by atoms with van der Waals surface area (Å²) in [5.74, 6) is 5.97. The molecule has 0 amide bonds. The summed E-state index contributed by atoms with van der Waals surface area (Å²) >= 11 is 0. The highest BCUT2D eigenvalue weighted by Crippen LogP contribution is 2.22. The van der Waals surface area contributed by atoms with Gasteiger partial charge in [-0.2, -0.15) is 0 Å². The number of piperidine rings is 1. The number of hydrogen-bond acceptors (Lipinski definition) is 2. The second-order valence-electron chi connectivity index (χ2n) is 4.32. The molecule has 2 heteroatoms. The van der Waals surface area contributed by atoms with Crippen LogP contribution in [0.25, 0.3) is 0 Å². The van der Waals surface area contributed by atoms with Crippen molar-refractivity contribution in [1.29, 1.82) is 0 Å². The summed E-state index contributed by atoms with van der Waals surface area (Å²) in [5.41, 5.74) is -0.707. The molecule has 1 aliphatic rings. The van der Waals surface area contributed by atoms with E-state index in [1.807, 2.05) is 20.8 Å². The van der Waals surface area contributed by atoms with Crippen LogP contribution < -0.4 is 0 Å². The van der Waals surface area contributed by atoms with Crippen molar-refractivity contribution < 1.29 is 5.11 Å². The van der Waals surface area contributed by atoms with E-state index in [-0.39, 0.29) is 0 Å². The zero-order valence-electron chi connectivity index (χ0n) is 11.5. The Morgan fingerprint density at radius 3 is 2.12 bits per heavy atom. The minimum absolute atomic E-state index is 0.582. The highest BCUT2D eigenvalue weighted by molar-refractivity contribution is 5.15. The van der Waals surface area contributed by atoms with E-state index >= 15 is 0 Å². The van der Waals surface area contributed by atoms with Crippen molar-refractivity contribution in [3.8, 4) is 11.8 Å². The van der Waals surface area contributed by atoms with Gasteiger partial charge in [0.25, 0.3) is 0 Å². The fourth-order valence-electron chi connectivity index (χ4n) is 1.79. The third-order valence-corrected chi connectivity index (χ3v) is 2.85. The summed E-state index contributed by atoms with van der Waals surface area (Å²) in [6.07, 6.45) is 2.41. The highest BCUT2D eigenvalue weighted by atomic mass is 16.3. The number of nitrogens with zero attached hydrogens (tertiary/aromatic N) is 1. The Hall–Kier alpha value is -0.520. The van der Waals surface area contributed by atoms with Crippen molar-refractivity contribution in [2.24, 2.45) is 0 Å². The second-order valence-corrected chi connectivity index (χ2v) is 4.32. The molecule has 0 spiro atoms. The lowest BCUT2D eigenvalue weighted by molar-refractivity contribution is 0.0177. The van der Waals surface area contributed by atoms with Crippen molar-refractivity contribution in [1.82, 2.24) is 4.90 Å². The molecule has 0 radical (unpaired) electrons. The minimum atomic E-state index is -0.707. The summed E-state index contributed by atoms with van der Waals surface area (Å²) in [6.45, 7) is 12.3. The van der Waals surface area contributed by atoms with Gasteiger partial charge in [-0.3, -0.25) is 0 Å². The van der Waals surface area contributed by atoms with Gasteiger partial charge >= 0.3 is 0 Å². The van der Waals surface area contributed by atoms with Gasteiger partial charge in [0, 0.05) is 38.4 Å². The quantitative estimate of drug-likeness (QED) is 0.694. The van der Waals surface area contributed by atoms with E-state index in [2.05, 4.69) is 30.6 Å². The number of hydrogen-bond donors (Lipinski definition) is 1. The Balaban J connectivity index is 0.00000106. The van der Waals surface area contributed by atoms with Crippen LogP contribution in [0.1, 0.15) is 53.9 Å². The lowest BCUT2D eigenvalue weighted by Gasteiger charge is -2.37. The van der Waals surface area contributed by atoms with E-state index in [1.54, 1.807) is 0 Å². The van der Waals surface area contributed by atoms with Crippen molar-refractivity contribution in [2.45, 2.75) is 65.5 Å². The molecule has 1 N–H and O–H groups in total. The highest BCUT2D eigenvalue weighted by Gasteiger charge is 2.30. The van der Waals surface area contributed by atoms with Crippen LogP contribution in [0.3, 0.4) is 0 Å². The zero-order chi connectivity index (χ0) is 12.6. The molecule has 0 saturated carbocycles. The Morgan fingerprint density at radius 1 is 1.25 bits per heavy atom. The predicted molar refractivity (Wildman–Crippen MR) is 70.3 cm³/mol. The maximum atomic E-state index is 10.1. The summed E-state index contributed by atoms with van der Waals surface area (Å²) in [6, 6.07) is 0.582. The smallest absolute Gasteiger partial charge is 0.127 e. The molecular weight excluding hydrogens is 198 g/mol. The van der Waals surface area contributed by atoms with E-state index in [0.29, 0.717) is 6.04 Å². The van der Waals surface area contributed by atoms with Crippen molar-refractivity contribution >= 4 is 0 Å². The normalized spacial score (nSPS) is 19.4. The zero-order valence-corrected chi connectivity index (χ0v) is 11.5. The first kappa shape index (κ1) is 15.5. The molecule has 1 saturated heterocycles. The van der Waals surface area contributed by atoms with Gasteiger partial charge in [-0.25, -0.2) is 0 Å². The Kier molecular flexibility index (Phi) is 7.45. The molecule has 2 nitrogen and oxygen atoms in total. The molecule has 0 unspecified atom stereocenters. The fourth-order valence-corrected chi connectivity index (χ4v) is 1.79. The third-order valence-electron chi connectivity index (χ3n) is 2.85. The number of likely N-dealkylation sites (tertiary alicyclic amines) is 1. The average molecular weight is 225 g/mol. The summed E-state index contributed by atoms with van der Waals surface area (Å²) in [5, 5.41) is 10.1. The van der Waals surface area contributed by atoms with Gasteiger partial charge in [0.1, 0.15) is 5.60 Å². The molecule has 0 aromatic rings. The molecule has 0 aromatic carbocycles. The van der Waals surface area contributed by atoms with Gasteiger partial charge in [0.15, 0.2) is 0 Å². The Labute approximate surface area is 101 Å². The van der Waals surface area contributed by atoms with Crippen LogP contribution in [0.4, 0.5) is 0 Å².